The lowest BCUT2D eigenvalue weighted by Crippen LogP contribution is -2.35. The van der Waals surface area contributed by atoms with Crippen LogP contribution in [0.4, 0.5) is 10.1 Å². The molecule has 2 amide bonds. The van der Waals surface area contributed by atoms with Gasteiger partial charge in [0.05, 0.1) is 12.2 Å². The van der Waals surface area contributed by atoms with Crippen LogP contribution in [0.3, 0.4) is 0 Å². The fourth-order valence-corrected chi connectivity index (χ4v) is 1.61. The summed E-state index contributed by atoms with van der Waals surface area (Å²) in [5.74, 6) is -0.868. The van der Waals surface area contributed by atoms with Crippen molar-refractivity contribution < 1.29 is 14.0 Å². The molecule has 0 fully saturated rings. The van der Waals surface area contributed by atoms with Gasteiger partial charge >= 0.3 is 0 Å². The third-order valence-electron chi connectivity index (χ3n) is 2.98. The van der Waals surface area contributed by atoms with Gasteiger partial charge in [-0.25, -0.2) is 4.39 Å². The lowest BCUT2D eigenvalue weighted by Gasteiger charge is -2.11. The molecule has 3 N–H and O–H groups in total. The molecule has 1 aromatic rings. The third kappa shape index (κ3) is 6.85. The van der Waals surface area contributed by atoms with Crippen LogP contribution in [0, 0.1) is 5.82 Å². The highest BCUT2D eigenvalue weighted by Crippen LogP contribution is 2.11. The number of carbonyl (C=O) groups is 2. The Bertz CT molecular complexity index is 480. The molecule has 0 radical (unpaired) electrons. The first-order valence-corrected chi connectivity index (χ1v) is 7.07. The Labute approximate surface area is 124 Å². The van der Waals surface area contributed by atoms with E-state index < -0.39 is 5.82 Å². The summed E-state index contributed by atoms with van der Waals surface area (Å²) in [6.07, 6.45) is 1.18. The second-order valence-corrected chi connectivity index (χ2v) is 4.83. The maximum atomic E-state index is 13.3. The molecule has 1 rings (SSSR count). The molecule has 0 aromatic heterocycles. The second kappa shape index (κ2) is 9.07. The number of anilines is 1. The first-order chi connectivity index (χ1) is 10.0. The van der Waals surface area contributed by atoms with E-state index >= 15 is 0 Å². The van der Waals surface area contributed by atoms with Gasteiger partial charge in [0.2, 0.25) is 11.8 Å². The standard InChI is InChI=1S/C15H22FN3O2/c1-3-11(2)18-14(20)8-9-17-10-15(21)19-13-7-5-4-6-12(13)16/h4-7,11,17H,3,8-10H2,1-2H3,(H,18,20)(H,19,21). The van der Waals surface area contributed by atoms with Crippen molar-refractivity contribution in [1.82, 2.24) is 10.6 Å². The molecule has 0 spiro atoms. The Morgan fingerprint density at radius 3 is 2.62 bits per heavy atom. The largest absolute Gasteiger partial charge is 0.354 e. The first kappa shape index (κ1) is 17.1. The van der Waals surface area contributed by atoms with Gasteiger partial charge in [-0.15, -0.1) is 0 Å². The molecule has 0 aliphatic rings. The molecule has 0 saturated carbocycles. The topological polar surface area (TPSA) is 70.2 Å². The number of nitrogens with one attached hydrogen (secondary N) is 3. The zero-order valence-electron chi connectivity index (χ0n) is 12.4. The highest BCUT2D eigenvalue weighted by atomic mass is 19.1. The van der Waals surface area contributed by atoms with Crippen molar-refractivity contribution >= 4 is 17.5 Å². The molecule has 1 atom stereocenters. The van der Waals surface area contributed by atoms with Crippen LogP contribution in [0.2, 0.25) is 0 Å². The minimum atomic E-state index is -0.473. The van der Waals surface area contributed by atoms with Crippen molar-refractivity contribution in [3.63, 3.8) is 0 Å². The molecule has 21 heavy (non-hydrogen) atoms. The number of benzene rings is 1. The molecule has 0 heterocycles. The highest BCUT2D eigenvalue weighted by molar-refractivity contribution is 5.92. The number of carbonyl (C=O) groups excluding carboxylic acids is 2. The first-order valence-electron chi connectivity index (χ1n) is 7.07. The molecular formula is C15H22FN3O2. The van der Waals surface area contributed by atoms with Gasteiger partial charge in [0.25, 0.3) is 0 Å². The van der Waals surface area contributed by atoms with Gasteiger partial charge < -0.3 is 16.0 Å². The van der Waals surface area contributed by atoms with E-state index in [1.54, 1.807) is 12.1 Å². The molecule has 116 valence electrons. The predicted octanol–water partition coefficient (Wildman–Crippen LogP) is 1.66. The monoisotopic (exact) mass is 295 g/mol. The molecular weight excluding hydrogens is 273 g/mol. The van der Waals surface area contributed by atoms with Crippen LogP contribution in [-0.4, -0.2) is 30.9 Å². The van der Waals surface area contributed by atoms with Gasteiger partial charge in [-0.2, -0.15) is 0 Å². The number of rotatable bonds is 8. The van der Waals surface area contributed by atoms with Crippen LogP contribution in [0.25, 0.3) is 0 Å². The van der Waals surface area contributed by atoms with Crippen LogP contribution in [-0.2, 0) is 9.59 Å². The molecule has 6 heteroatoms. The Balaban J connectivity index is 2.20. The van der Waals surface area contributed by atoms with E-state index in [1.165, 1.54) is 12.1 Å². The lowest BCUT2D eigenvalue weighted by atomic mass is 10.2. The van der Waals surface area contributed by atoms with Gasteiger partial charge in [-0.1, -0.05) is 19.1 Å². The Kier molecular flexibility index (Phi) is 7.39. The van der Waals surface area contributed by atoms with E-state index in [0.29, 0.717) is 13.0 Å². The third-order valence-corrected chi connectivity index (χ3v) is 2.98. The lowest BCUT2D eigenvalue weighted by molar-refractivity contribution is -0.122. The van der Waals surface area contributed by atoms with Crippen molar-refractivity contribution in [2.45, 2.75) is 32.7 Å². The Morgan fingerprint density at radius 1 is 1.24 bits per heavy atom. The van der Waals surface area contributed by atoms with Crippen molar-refractivity contribution in [3.05, 3.63) is 30.1 Å². The van der Waals surface area contributed by atoms with Gasteiger partial charge in [0, 0.05) is 19.0 Å². The van der Waals surface area contributed by atoms with Gasteiger partial charge in [-0.3, -0.25) is 9.59 Å². The van der Waals surface area contributed by atoms with Crippen LogP contribution >= 0.6 is 0 Å². The van der Waals surface area contributed by atoms with Gasteiger partial charge in [0.15, 0.2) is 0 Å². The average Bonchev–Trinajstić information content (AvgIpc) is 2.46. The summed E-state index contributed by atoms with van der Waals surface area (Å²) >= 11 is 0. The number of hydrogen-bond acceptors (Lipinski definition) is 3. The number of hydrogen-bond donors (Lipinski definition) is 3. The number of halogens is 1. The minimum Gasteiger partial charge on any atom is -0.354 e. The molecule has 1 unspecified atom stereocenters. The smallest absolute Gasteiger partial charge is 0.238 e. The quantitative estimate of drug-likeness (QED) is 0.639. The fraction of sp³-hybridized carbons (Fsp3) is 0.467. The summed E-state index contributed by atoms with van der Waals surface area (Å²) in [5, 5.41) is 8.15. The van der Waals surface area contributed by atoms with Gasteiger partial charge in [0.1, 0.15) is 5.82 Å². The normalized spacial score (nSPS) is 11.8. The van der Waals surface area contributed by atoms with E-state index in [9.17, 15) is 14.0 Å². The van der Waals surface area contributed by atoms with Crippen molar-refractivity contribution in [2.24, 2.45) is 0 Å². The van der Waals surface area contributed by atoms with Crippen LogP contribution in [0.5, 0.6) is 0 Å². The Hall–Kier alpha value is -1.95. The highest BCUT2D eigenvalue weighted by Gasteiger charge is 2.07. The molecule has 0 aliphatic heterocycles. The SMILES string of the molecule is CCC(C)NC(=O)CCNCC(=O)Nc1ccccc1F. The molecule has 1 aromatic carbocycles. The van der Waals surface area contributed by atoms with Crippen LogP contribution in [0.1, 0.15) is 26.7 Å². The van der Waals surface area contributed by atoms with E-state index in [-0.39, 0.29) is 30.1 Å². The van der Waals surface area contributed by atoms with Crippen molar-refractivity contribution in [2.75, 3.05) is 18.4 Å². The van der Waals surface area contributed by atoms with Crippen molar-refractivity contribution in [1.29, 1.82) is 0 Å². The van der Waals surface area contributed by atoms with E-state index in [0.717, 1.165) is 6.42 Å². The summed E-state index contributed by atoms with van der Waals surface area (Å²) in [6.45, 7) is 4.36. The molecule has 0 aliphatic carbocycles. The van der Waals surface area contributed by atoms with E-state index in [1.807, 2.05) is 13.8 Å². The molecule has 5 nitrogen and oxygen atoms in total. The fourth-order valence-electron chi connectivity index (χ4n) is 1.61. The molecule has 0 bridgehead atoms. The maximum Gasteiger partial charge on any atom is 0.238 e. The maximum absolute atomic E-state index is 13.3. The predicted molar refractivity (Wildman–Crippen MR) is 80.4 cm³/mol. The van der Waals surface area contributed by atoms with Crippen molar-refractivity contribution in [3.8, 4) is 0 Å². The zero-order chi connectivity index (χ0) is 15.7. The van der Waals surface area contributed by atoms with E-state index in [4.69, 9.17) is 0 Å². The molecule has 0 saturated heterocycles. The number of amides is 2. The average molecular weight is 295 g/mol. The van der Waals surface area contributed by atoms with Gasteiger partial charge in [-0.05, 0) is 25.5 Å². The summed E-state index contributed by atoms with van der Waals surface area (Å²) < 4.78 is 13.3. The summed E-state index contributed by atoms with van der Waals surface area (Å²) in [6, 6.07) is 6.13. The Morgan fingerprint density at radius 2 is 1.95 bits per heavy atom. The second-order valence-electron chi connectivity index (χ2n) is 4.83. The number of para-hydroxylation sites is 1. The van der Waals surface area contributed by atoms with Crippen LogP contribution in [0.15, 0.2) is 24.3 Å². The summed E-state index contributed by atoms with van der Waals surface area (Å²) in [7, 11) is 0. The van der Waals surface area contributed by atoms with E-state index in [2.05, 4.69) is 16.0 Å². The minimum absolute atomic E-state index is 0.0327. The summed E-state index contributed by atoms with van der Waals surface area (Å²) in [4.78, 5) is 23.1. The summed E-state index contributed by atoms with van der Waals surface area (Å²) in [5.41, 5.74) is 0.152. The zero-order valence-corrected chi connectivity index (χ0v) is 12.4. The van der Waals surface area contributed by atoms with Crippen LogP contribution < -0.4 is 16.0 Å².